The zero-order chi connectivity index (χ0) is 18.8. The normalized spacial score (nSPS) is 10.3. The molecule has 3 rings (SSSR count). The van der Waals surface area contributed by atoms with Crippen molar-refractivity contribution < 1.29 is 19.1 Å². The predicted molar refractivity (Wildman–Crippen MR) is 86.4 cm³/mol. The number of benzene rings is 1. The topological polar surface area (TPSA) is 126 Å². The fourth-order valence-electron chi connectivity index (χ4n) is 2.36. The third-order valence-electron chi connectivity index (χ3n) is 3.58. The Kier molecular flexibility index (Phi) is 4.20. The molecule has 0 aliphatic carbocycles. The summed E-state index contributed by atoms with van der Waals surface area (Å²) in [6.45, 7) is 0. The Bertz CT molecular complexity index is 1050. The predicted octanol–water partition coefficient (Wildman–Crippen LogP) is 1.57. The zero-order valence-corrected chi connectivity index (χ0v) is 13.3. The van der Waals surface area contributed by atoms with Crippen LogP contribution >= 0.6 is 0 Å². The molecule has 0 aliphatic rings. The molecule has 130 valence electrons. The maximum absolute atomic E-state index is 13.1. The van der Waals surface area contributed by atoms with Crippen molar-refractivity contribution in [1.82, 2.24) is 19.6 Å². The van der Waals surface area contributed by atoms with E-state index in [0.717, 1.165) is 10.9 Å². The van der Waals surface area contributed by atoms with Gasteiger partial charge in [0, 0.05) is 7.05 Å². The molecule has 10 heteroatoms. The molecule has 0 saturated carbocycles. The first-order valence-corrected chi connectivity index (χ1v) is 7.23. The summed E-state index contributed by atoms with van der Waals surface area (Å²) < 4.78 is 15.5. The summed E-state index contributed by atoms with van der Waals surface area (Å²) in [4.78, 5) is 23.8. The average molecular weight is 354 g/mol. The molecule has 1 aromatic carbocycles. The lowest BCUT2D eigenvalue weighted by molar-refractivity contribution is 0.0692. The van der Waals surface area contributed by atoms with Crippen LogP contribution in [0.25, 0.3) is 5.69 Å². The van der Waals surface area contributed by atoms with Gasteiger partial charge in [-0.2, -0.15) is 15.5 Å². The lowest BCUT2D eigenvalue weighted by Crippen LogP contribution is -2.21. The third-order valence-corrected chi connectivity index (χ3v) is 3.58. The number of hydrogen-bond donors (Lipinski definition) is 2. The van der Waals surface area contributed by atoms with E-state index < -0.39 is 17.7 Å². The van der Waals surface area contributed by atoms with Crippen LogP contribution < -0.4 is 5.32 Å². The van der Waals surface area contributed by atoms with E-state index in [2.05, 4.69) is 15.5 Å². The van der Waals surface area contributed by atoms with E-state index in [1.165, 1.54) is 42.2 Å². The third kappa shape index (κ3) is 2.89. The Morgan fingerprint density at radius 1 is 1.23 bits per heavy atom. The van der Waals surface area contributed by atoms with Gasteiger partial charge >= 0.3 is 5.97 Å². The molecule has 0 bridgehead atoms. The molecule has 2 aromatic heterocycles. The Morgan fingerprint density at radius 3 is 2.54 bits per heavy atom. The van der Waals surface area contributed by atoms with Crippen molar-refractivity contribution in [3.8, 4) is 11.8 Å². The van der Waals surface area contributed by atoms with Gasteiger partial charge < -0.3 is 10.4 Å². The van der Waals surface area contributed by atoms with Crippen LogP contribution in [0.3, 0.4) is 0 Å². The number of aryl methyl sites for hydroxylation is 1. The molecule has 0 radical (unpaired) electrons. The highest BCUT2D eigenvalue weighted by atomic mass is 19.1. The van der Waals surface area contributed by atoms with Gasteiger partial charge in [-0.1, -0.05) is 0 Å². The highest BCUT2D eigenvalue weighted by Gasteiger charge is 2.24. The smallest absolute Gasteiger partial charge is 0.339 e. The number of nitrogens with zero attached hydrogens (tertiary/aromatic N) is 5. The molecule has 0 unspecified atom stereocenters. The van der Waals surface area contributed by atoms with Gasteiger partial charge in [-0.15, -0.1) is 0 Å². The molecule has 0 atom stereocenters. The molecular weight excluding hydrogens is 343 g/mol. The van der Waals surface area contributed by atoms with Gasteiger partial charge in [-0.05, 0) is 24.3 Å². The zero-order valence-electron chi connectivity index (χ0n) is 13.3. The number of carboxylic acid groups (broad SMARTS) is 1. The van der Waals surface area contributed by atoms with Crippen molar-refractivity contribution in [2.24, 2.45) is 7.05 Å². The van der Waals surface area contributed by atoms with Crippen molar-refractivity contribution in [3.05, 3.63) is 59.3 Å². The van der Waals surface area contributed by atoms with Crippen molar-refractivity contribution >= 4 is 17.7 Å². The van der Waals surface area contributed by atoms with Gasteiger partial charge in [0.05, 0.1) is 18.1 Å². The van der Waals surface area contributed by atoms with Gasteiger partial charge in [0.25, 0.3) is 5.91 Å². The number of aromatic carboxylic acids is 1. The molecule has 0 saturated heterocycles. The maximum atomic E-state index is 13.1. The number of nitriles is 1. The molecule has 0 aliphatic heterocycles. The monoisotopic (exact) mass is 354 g/mol. The second kappa shape index (κ2) is 6.48. The van der Waals surface area contributed by atoms with Crippen LogP contribution in [0.1, 0.15) is 26.4 Å². The summed E-state index contributed by atoms with van der Waals surface area (Å²) >= 11 is 0. The molecular formula is C16H11FN6O3. The van der Waals surface area contributed by atoms with Gasteiger partial charge in [0.15, 0.2) is 5.82 Å². The molecule has 9 nitrogen and oxygen atoms in total. The van der Waals surface area contributed by atoms with Crippen molar-refractivity contribution in [2.45, 2.75) is 0 Å². The van der Waals surface area contributed by atoms with E-state index >= 15 is 0 Å². The number of hydrogen-bond acceptors (Lipinski definition) is 5. The van der Waals surface area contributed by atoms with E-state index in [9.17, 15) is 24.3 Å². The Balaban J connectivity index is 2.03. The van der Waals surface area contributed by atoms with E-state index in [4.69, 9.17) is 0 Å². The van der Waals surface area contributed by atoms with Gasteiger partial charge in [0.2, 0.25) is 0 Å². The number of halogens is 1. The van der Waals surface area contributed by atoms with Crippen LogP contribution in [-0.2, 0) is 7.05 Å². The van der Waals surface area contributed by atoms with Crippen LogP contribution in [0.4, 0.5) is 10.2 Å². The number of carbonyl (C=O) groups is 2. The Labute approximate surface area is 145 Å². The first kappa shape index (κ1) is 16.8. The van der Waals surface area contributed by atoms with E-state index in [1.54, 1.807) is 0 Å². The minimum Gasteiger partial charge on any atom is -0.478 e. The first-order chi connectivity index (χ1) is 12.4. The van der Waals surface area contributed by atoms with Crippen LogP contribution in [0.15, 0.2) is 36.7 Å². The first-order valence-electron chi connectivity index (χ1n) is 7.23. The largest absolute Gasteiger partial charge is 0.478 e. The summed E-state index contributed by atoms with van der Waals surface area (Å²) in [5, 5.41) is 28.7. The Morgan fingerprint density at radius 2 is 1.92 bits per heavy atom. The second-order valence-electron chi connectivity index (χ2n) is 5.20. The fraction of sp³-hybridized carbons (Fsp3) is 0.0625. The van der Waals surface area contributed by atoms with E-state index in [1.807, 2.05) is 6.07 Å². The number of nitrogens with one attached hydrogen (secondary N) is 1. The van der Waals surface area contributed by atoms with Gasteiger partial charge in [0.1, 0.15) is 28.7 Å². The highest BCUT2D eigenvalue weighted by molar-refractivity contribution is 6.09. The van der Waals surface area contributed by atoms with E-state index in [-0.39, 0.29) is 22.6 Å². The molecule has 0 fully saturated rings. The van der Waals surface area contributed by atoms with Gasteiger partial charge in [-0.3, -0.25) is 9.48 Å². The summed E-state index contributed by atoms with van der Waals surface area (Å²) in [5.74, 6) is -2.51. The molecule has 2 N–H and O–H groups in total. The summed E-state index contributed by atoms with van der Waals surface area (Å²) in [6, 6.07) is 7.15. The van der Waals surface area contributed by atoms with Crippen molar-refractivity contribution in [1.29, 1.82) is 5.26 Å². The SMILES string of the molecule is Cn1ncc(C(=O)O)c1C(=O)Nc1c(C#N)cnn1-c1ccc(F)cc1. The number of carboxylic acids is 1. The number of carbonyl (C=O) groups excluding carboxylic acids is 1. The van der Waals surface area contributed by atoms with E-state index in [0.29, 0.717) is 5.69 Å². The molecule has 1 amide bonds. The Hall–Kier alpha value is -4.00. The molecule has 0 spiro atoms. The minimum absolute atomic E-state index is 0.0293. The second-order valence-corrected chi connectivity index (χ2v) is 5.20. The lowest BCUT2D eigenvalue weighted by Gasteiger charge is -2.10. The molecule has 3 aromatic rings. The number of aromatic nitrogens is 4. The van der Waals surface area contributed by atoms with Gasteiger partial charge in [-0.25, -0.2) is 13.9 Å². The number of rotatable bonds is 4. The summed E-state index contributed by atoms with van der Waals surface area (Å²) in [6.07, 6.45) is 2.29. The number of anilines is 1. The van der Waals surface area contributed by atoms with Crippen LogP contribution in [0, 0.1) is 17.1 Å². The van der Waals surface area contributed by atoms with Crippen molar-refractivity contribution in [2.75, 3.05) is 5.32 Å². The average Bonchev–Trinajstić information content (AvgIpc) is 3.19. The van der Waals surface area contributed by atoms with Crippen molar-refractivity contribution in [3.63, 3.8) is 0 Å². The summed E-state index contributed by atoms with van der Waals surface area (Å²) in [7, 11) is 1.42. The highest BCUT2D eigenvalue weighted by Crippen LogP contribution is 2.21. The maximum Gasteiger partial charge on any atom is 0.339 e. The standard InChI is InChI=1S/C16H11FN6O3/c1-22-13(12(8-19-22)16(25)26)15(24)21-14-9(6-18)7-20-23(14)11-4-2-10(17)3-5-11/h2-5,7-8H,1H3,(H,21,24)(H,25,26). The molecule has 2 heterocycles. The lowest BCUT2D eigenvalue weighted by atomic mass is 10.2. The quantitative estimate of drug-likeness (QED) is 0.732. The summed E-state index contributed by atoms with van der Waals surface area (Å²) in [5.41, 5.74) is -0.00187. The fourth-order valence-corrected chi connectivity index (χ4v) is 2.36. The number of amides is 1. The van der Waals surface area contributed by atoms with Crippen LogP contribution in [-0.4, -0.2) is 36.5 Å². The molecule has 26 heavy (non-hydrogen) atoms. The van der Waals surface area contributed by atoms with Crippen LogP contribution in [0.2, 0.25) is 0 Å². The van der Waals surface area contributed by atoms with Crippen LogP contribution in [0.5, 0.6) is 0 Å². The minimum atomic E-state index is -1.31.